The van der Waals surface area contributed by atoms with Crippen molar-refractivity contribution in [3.8, 4) is 29.4 Å². The molecular formula is C28H23Cl2N5O2. The minimum absolute atomic E-state index is 0.334. The summed E-state index contributed by atoms with van der Waals surface area (Å²) in [6.45, 7) is 0.793. The lowest BCUT2D eigenvalue weighted by molar-refractivity contribution is 0.402. The van der Waals surface area contributed by atoms with Crippen LogP contribution in [-0.2, 0) is 6.54 Å². The van der Waals surface area contributed by atoms with Crippen LogP contribution in [0.15, 0.2) is 48.8 Å². The number of nitrogens with one attached hydrogen (secondary N) is 1. The maximum absolute atomic E-state index is 9.77. The van der Waals surface area contributed by atoms with E-state index in [1.807, 2.05) is 32.3 Å². The van der Waals surface area contributed by atoms with Crippen LogP contribution >= 0.6 is 23.2 Å². The maximum atomic E-state index is 9.77. The van der Waals surface area contributed by atoms with Crippen LogP contribution in [0.25, 0.3) is 10.9 Å². The normalized spacial score (nSPS) is 10.5. The van der Waals surface area contributed by atoms with Crippen molar-refractivity contribution in [2.75, 3.05) is 33.6 Å². The van der Waals surface area contributed by atoms with Crippen molar-refractivity contribution in [1.82, 2.24) is 14.9 Å². The Bertz CT molecular complexity index is 1590. The van der Waals surface area contributed by atoms with E-state index in [2.05, 4.69) is 38.1 Å². The molecule has 0 aliphatic rings. The van der Waals surface area contributed by atoms with Gasteiger partial charge in [-0.2, -0.15) is 5.26 Å². The Morgan fingerprint density at radius 3 is 2.43 bits per heavy atom. The van der Waals surface area contributed by atoms with Crippen LogP contribution in [0.3, 0.4) is 0 Å². The number of benzene rings is 2. The molecule has 0 atom stereocenters. The number of ether oxygens (including phenoxy) is 2. The third kappa shape index (κ3) is 5.87. The molecular weight excluding hydrogens is 509 g/mol. The Balaban J connectivity index is 1.79. The molecule has 9 heteroatoms. The van der Waals surface area contributed by atoms with Gasteiger partial charge in [0, 0.05) is 30.4 Å². The van der Waals surface area contributed by atoms with Crippen LogP contribution in [0.4, 0.5) is 11.4 Å². The van der Waals surface area contributed by atoms with Gasteiger partial charge in [-0.25, -0.2) is 4.98 Å². The van der Waals surface area contributed by atoms with E-state index in [0.29, 0.717) is 60.6 Å². The molecule has 0 fully saturated rings. The Morgan fingerprint density at radius 2 is 1.73 bits per heavy atom. The molecule has 4 aromatic rings. The molecule has 186 valence electrons. The molecule has 4 rings (SSSR count). The first-order chi connectivity index (χ1) is 17.8. The fourth-order valence-electron chi connectivity index (χ4n) is 3.76. The van der Waals surface area contributed by atoms with E-state index in [1.165, 1.54) is 13.3 Å². The number of hydrogen-bond donors (Lipinski definition) is 1. The third-order valence-electron chi connectivity index (χ3n) is 5.46. The standard InChI is InChI=1S/C28H23Cl2N5O2/c1-35(2)16-17-7-8-32-20(9-17)6-5-18-10-24-21(11-26(18)36-3)28(19(14-31)15-33-24)34-25-13-27(37-4)23(30)12-22(25)29/h7-13,15H,16H2,1-4H3,(H,33,34). The summed E-state index contributed by atoms with van der Waals surface area (Å²) in [5.74, 6) is 7.25. The number of anilines is 2. The fourth-order valence-corrected chi connectivity index (χ4v) is 4.27. The Morgan fingerprint density at radius 1 is 0.946 bits per heavy atom. The zero-order valence-electron chi connectivity index (χ0n) is 20.7. The third-order valence-corrected chi connectivity index (χ3v) is 6.07. The van der Waals surface area contributed by atoms with E-state index in [1.54, 1.807) is 31.5 Å². The molecule has 0 bridgehead atoms. The molecule has 7 nitrogen and oxygen atoms in total. The molecule has 37 heavy (non-hydrogen) atoms. The van der Waals surface area contributed by atoms with Crippen molar-refractivity contribution in [1.29, 1.82) is 5.26 Å². The van der Waals surface area contributed by atoms with Gasteiger partial charge in [0.25, 0.3) is 0 Å². The number of pyridine rings is 2. The van der Waals surface area contributed by atoms with E-state index >= 15 is 0 Å². The first kappa shape index (κ1) is 26.1. The number of aromatic nitrogens is 2. The molecule has 0 unspecified atom stereocenters. The molecule has 0 radical (unpaired) electrons. The molecule has 2 heterocycles. The number of fused-ring (bicyclic) bond motifs is 1. The van der Waals surface area contributed by atoms with Crippen molar-refractivity contribution in [3.63, 3.8) is 0 Å². The molecule has 0 saturated carbocycles. The number of nitrogens with zero attached hydrogens (tertiary/aromatic N) is 4. The largest absolute Gasteiger partial charge is 0.495 e. The second-order valence-corrected chi connectivity index (χ2v) is 9.17. The van der Waals surface area contributed by atoms with Crippen LogP contribution in [0, 0.1) is 23.2 Å². The van der Waals surface area contributed by atoms with Crippen molar-refractivity contribution < 1.29 is 9.47 Å². The van der Waals surface area contributed by atoms with E-state index in [-0.39, 0.29) is 0 Å². The maximum Gasteiger partial charge on any atom is 0.139 e. The zero-order chi connectivity index (χ0) is 26.5. The quantitative estimate of drug-likeness (QED) is 0.304. The molecule has 2 aromatic heterocycles. The lowest BCUT2D eigenvalue weighted by Gasteiger charge is -2.15. The summed E-state index contributed by atoms with van der Waals surface area (Å²) in [5.41, 5.74) is 4.42. The smallest absolute Gasteiger partial charge is 0.139 e. The van der Waals surface area contributed by atoms with Crippen molar-refractivity contribution >= 4 is 45.5 Å². The molecule has 2 aromatic carbocycles. The van der Waals surface area contributed by atoms with Crippen molar-refractivity contribution in [3.05, 3.63) is 81.2 Å². The first-order valence-electron chi connectivity index (χ1n) is 11.2. The molecule has 0 aliphatic carbocycles. The summed E-state index contributed by atoms with van der Waals surface area (Å²) in [5, 5.41) is 14.4. The number of hydrogen-bond acceptors (Lipinski definition) is 7. The number of methoxy groups -OCH3 is 2. The molecule has 0 saturated heterocycles. The highest BCUT2D eigenvalue weighted by molar-refractivity contribution is 6.37. The van der Waals surface area contributed by atoms with Crippen molar-refractivity contribution in [2.24, 2.45) is 0 Å². The van der Waals surface area contributed by atoms with Crippen molar-refractivity contribution in [2.45, 2.75) is 6.54 Å². The Hall–Kier alpha value is -4.01. The average molecular weight is 532 g/mol. The van der Waals surface area contributed by atoms with Gasteiger partial charge in [0.15, 0.2) is 0 Å². The highest BCUT2D eigenvalue weighted by Crippen LogP contribution is 2.39. The summed E-state index contributed by atoms with van der Waals surface area (Å²) >= 11 is 12.6. The van der Waals surface area contributed by atoms with Gasteiger partial charge >= 0.3 is 0 Å². The Labute approximate surface area is 225 Å². The van der Waals surface area contributed by atoms with Crippen LogP contribution < -0.4 is 14.8 Å². The monoisotopic (exact) mass is 531 g/mol. The SMILES string of the molecule is COc1cc(Nc2c(C#N)cnc3cc(C#Cc4cc(CN(C)C)ccn4)c(OC)cc23)c(Cl)cc1Cl. The van der Waals surface area contributed by atoms with Gasteiger partial charge < -0.3 is 19.7 Å². The summed E-state index contributed by atoms with van der Waals surface area (Å²) in [6, 6.07) is 13.0. The zero-order valence-corrected chi connectivity index (χ0v) is 22.2. The minimum atomic E-state index is 0.334. The summed E-state index contributed by atoms with van der Waals surface area (Å²) in [6.07, 6.45) is 3.25. The highest BCUT2D eigenvalue weighted by atomic mass is 35.5. The second kappa shape index (κ2) is 11.4. The predicted molar refractivity (Wildman–Crippen MR) is 147 cm³/mol. The van der Waals surface area contributed by atoms with Gasteiger partial charge in [0.2, 0.25) is 0 Å². The van der Waals surface area contributed by atoms with Gasteiger partial charge in [0.05, 0.1) is 52.3 Å². The van der Waals surface area contributed by atoms with E-state index in [9.17, 15) is 5.26 Å². The molecule has 1 N–H and O–H groups in total. The number of nitriles is 1. The van der Waals surface area contributed by atoms with E-state index < -0.39 is 0 Å². The Kier molecular flexibility index (Phi) is 8.01. The number of rotatable bonds is 6. The van der Waals surface area contributed by atoms with Gasteiger partial charge in [-0.1, -0.05) is 29.1 Å². The summed E-state index contributed by atoms with van der Waals surface area (Å²) in [4.78, 5) is 10.9. The lowest BCUT2D eigenvalue weighted by Crippen LogP contribution is -2.10. The van der Waals surface area contributed by atoms with E-state index in [4.69, 9.17) is 32.7 Å². The van der Waals surface area contributed by atoms with Crippen LogP contribution in [0.5, 0.6) is 11.5 Å². The molecule has 0 aliphatic heterocycles. The van der Waals surface area contributed by atoms with Crippen LogP contribution in [0.1, 0.15) is 22.4 Å². The van der Waals surface area contributed by atoms with Gasteiger partial charge in [-0.3, -0.25) is 4.98 Å². The van der Waals surface area contributed by atoms with Gasteiger partial charge in [-0.15, -0.1) is 0 Å². The minimum Gasteiger partial charge on any atom is -0.495 e. The van der Waals surface area contributed by atoms with Crippen LogP contribution in [-0.4, -0.2) is 43.2 Å². The topological polar surface area (TPSA) is 83.3 Å². The first-order valence-corrected chi connectivity index (χ1v) is 11.9. The average Bonchev–Trinajstić information content (AvgIpc) is 2.88. The van der Waals surface area contributed by atoms with Gasteiger partial charge in [0.1, 0.15) is 23.3 Å². The van der Waals surface area contributed by atoms with Crippen LogP contribution in [0.2, 0.25) is 10.0 Å². The van der Waals surface area contributed by atoms with E-state index in [0.717, 1.165) is 12.1 Å². The molecule has 0 spiro atoms. The lowest BCUT2D eigenvalue weighted by atomic mass is 10.1. The second-order valence-electron chi connectivity index (χ2n) is 8.36. The number of halogens is 2. The summed E-state index contributed by atoms with van der Waals surface area (Å²) < 4.78 is 11.0. The molecule has 0 amide bonds. The summed E-state index contributed by atoms with van der Waals surface area (Å²) in [7, 11) is 7.11. The van der Waals surface area contributed by atoms with Gasteiger partial charge in [-0.05, 0) is 55.9 Å². The highest BCUT2D eigenvalue weighted by Gasteiger charge is 2.16. The predicted octanol–water partition coefficient (Wildman–Crippen LogP) is 6.03. The fraction of sp³-hybridized carbons (Fsp3) is 0.179.